The van der Waals surface area contributed by atoms with Gasteiger partial charge in [-0.2, -0.15) is 0 Å². The number of hydrogen-bond acceptors (Lipinski definition) is 7. The van der Waals surface area contributed by atoms with Gasteiger partial charge in [0.2, 0.25) is 5.91 Å². The molecule has 3 rings (SSSR count). The summed E-state index contributed by atoms with van der Waals surface area (Å²) in [4.78, 5) is 38.6. The molecule has 0 aromatic heterocycles. The summed E-state index contributed by atoms with van der Waals surface area (Å²) >= 11 is 4.09. The van der Waals surface area contributed by atoms with Crippen LogP contribution in [0.25, 0.3) is 6.08 Å². The molecular formula is C21H19BrN2O6S. The third kappa shape index (κ3) is 5.02. The number of carbonyl (C=O) groups excluding carboxylic acids is 3. The van der Waals surface area contributed by atoms with E-state index in [1.165, 1.54) is 27.4 Å². The molecular weight excluding hydrogens is 488 g/mol. The summed E-state index contributed by atoms with van der Waals surface area (Å²) in [7, 11) is 4.48. The second-order valence-corrected chi connectivity index (χ2v) is 8.09. The lowest BCUT2D eigenvalue weighted by Gasteiger charge is -2.13. The molecule has 1 aliphatic rings. The van der Waals surface area contributed by atoms with Crippen molar-refractivity contribution in [3.63, 3.8) is 0 Å². The molecule has 0 saturated carbocycles. The monoisotopic (exact) mass is 506 g/mol. The van der Waals surface area contributed by atoms with Crippen LogP contribution in [0.15, 0.2) is 45.8 Å². The molecule has 0 atom stereocenters. The first-order valence-corrected chi connectivity index (χ1v) is 10.6. The van der Waals surface area contributed by atoms with Gasteiger partial charge in [-0.3, -0.25) is 19.3 Å². The first kappa shape index (κ1) is 22.7. The zero-order chi connectivity index (χ0) is 22.5. The first-order valence-electron chi connectivity index (χ1n) is 8.97. The highest BCUT2D eigenvalue weighted by molar-refractivity contribution is 9.10. The van der Waals surface area contributed by atoms with E-state index in [4.69, 9.17) is 14.2 Å². The molecule has 0 radical (unpaired) electrons. The molecule has 8 nitrogen and oxygen atoms in total. The van der Waals surface area contributed by atoms with Crippen LogP contribution < -0.4 is 19.5 Å². The van der Waals surface area contributed by atoms with E-state index < -0.39 is 23.6 Å². The highest BCUT2D eigenvalue weighted by Gasteiger charge is 2.36. The van der Waals surface area contributed by atoms with E-state index in [-0.39, 0.29) is 4.91 Å². The van der Waals surface area contributed by atoms with Crippen molar-refractivity contribution < 1.29 is 28.6 Å². The summed E-state index contributed by atoms with van der Waals surface area (Å²) < 4.78 is 16.6. The van der Waals surface area contributed by atoms with Gasteiger partial charge in [-0.1, -0.05) is 12.1 Å². The molecule has 0 unspecified atom stereocenters. The number of hydrogen-bond donors (Lipinski definition) is 1. The molecule has 1 aliphatic heterocycles. The Morgan fingerprint density at radius 3 is 2.35 bits per heavy atom. The number of methoxy groups -OCH3 is 3. The number of ether oxygens (including phenoxy) is 3. The van der Waals surface area contributed by atoms with E-state index >= 15 is 0 Å². The Morgan fingerprint density at radius 2 is 1.71 bits per heavy atom. The lowest BCUT2D eigenvalue weighted by atomic mass is 10.1. The van der Waals surface area contributed by atoms with Crippen molar-refractivity contribution in [2.75, 3.05) is 33.2 Å². The summed E-state index contributed by atoms with van der Waals surface area (Å²) in [5.74, 6) is 0.305. The van der Waals surface area contributed by atoms with E-state index in [0.29, 0.717) is 33.0 Å². The fraction of sp³-hybridized carbons (Fsp3) is 0.190. The van der Waals surface area contributed by atoms with Crippen LogP contribution in [-0.4, -0.2) is 49.8 Å². The Morgan fingerprint density at radius 1 is 1.06 bits per heavy atom. The molecule has 1 saturated heterocycles. The predicted molar refractivity (Wildman–Crippen MR) is 122 cm³/mol. The molecule has 10 heteroatoms. The third-order valence-electron chi connectivity index (χ3n) is 4.35. The second kappa shape index (κ2) is 9.88. The van der Waals surface area contributed by atoms with Gasteiger partial charge in [0.25, 0.3) is 11.1 Å². The average Bonchev–Trinajstić information content (AvgIpc) is 3.02. The van der Waals surface area contributed by atoms with Gasteiger partial charge in [0.05, 0.1) is 31.9 Å². The molecule has 0 aliphatic carbocycles. The van der Waals surface area contributed by atoms with Gasteiger partial charge in [0.1, 0.15) is 12.3 Å². The van der Waals surface area contributed by atoms with Gasteiger partial charge in [-0.25, -0.2) is 0 Å². The topological polar surface area (TPSA) is 94.2 Å². The van der Waals surface area contributed by atoms with E-state index in [2.05, 4.69) is 21.2 Å². The van der Waals surface area contributed by atoms with Crippen LogP contribution in [-0.2, 0) is 9.59 Å². The number of thioether (sulfide) groups is 1. The number of benzene rings is 2. The molecule has 31 heavy (non-hydrogen) atoms. The van der Waals surface area contributed by atoms with Crippen molar-refractivity contribution >= 4 is 56.5 Å². The van der Waals surface area contributed by atoms with Gasteiger partial charge in [0.15, 0.2) is 11.5 Å². The number of imide groups is 1. The highest BCUT2D eigenvalue weighted by Crippen LogP contribution is 2.38. The summed E-state index contributed by atoms with van der Waals surface area (Å²) in [6.45, 7) is -0.396. The van der Waals surface area contributed by atoms with Crippen molar-refractivity contribution in [2.45, 2.75) is 0 Å². The van der Waals surface area contributed by atoms with E-state index in [9.17, 15) is 14.4 Å². The minimum atomic E-state index is -0.561. The van der Waals surface area contributed by atoms with Crippen LogP contribution in [0.2, 0.25) is 0 Å². The molecule has 3 amide bonds. The molecule has 0 spiro atoms. The van der Waals surface area contributed by atoms with Crippen molar-refractivity contribution in [3.8, 4) is 17.2 Å². The van der Waals surface area contributed by atoms with E-state index in [1.54, 1.807) is 30.3 Å². The first-order chi connectivity index (χ1) is 14.9. The van der Waals surface area contributed by atoms with Gasteiger partial charge >= 0.3 is 0 Å². The SMILES string of the molecule is COc1cc(OC)c(OC)cc1/C=C1/SC(=O)N(CC(=O)Nc2ccccc2Br)C1=O. The van der Waals surface area contributed by atoms with Crippen LogP contribution in [0.3, 0.4) is 0 Å². The third-order valence-corrected chi connectivity index (χ3v) is 5.94. The quantitative estimate of drug-likeness (QED) is 0.563. The molecule has 0 bridgehead atoms. The van der Waals surface area contributed by atoms with Gasteiger partial charge in [0, 0.05) is 16.1 Å². The maximum atomic E-state index is 12.8. The number of nitrogens with zero attached hydrogens (tertiary/aromatic N) is 1. The van der Waals surface area contributed by atoms with Crippen LogP contribution in [0.5, 0.6) is 17.2 Å². The summed E-state index contributed by atoms with van der Waals surface area (Å²) in [6, 6.07) is 10.3. The summed E-state index contributed by atoms with van der Waals surface area (Å²) in [5, 5.41) is 2.15. The van der Waals surface area contributed by atoms with Crippen molar-refractivity contribution in [1.29, 1.82) is 0 Å². The number of rotatable bonds is 7. The Balaban J connectivity index is 1.80. The number of halogens is 1. The normalized spacial score (nSPS) is 14.7. The van der Waals surface area contributed by atoms with Crippen molar-refractivity contribution in [3.05, 3.63) is 51.3 Å². The smallest absolute Gasteiger partial charge is 0.294 e. The number of anilines is 1. The highest BCUT2D eigenvalue weighted by atomic mass is 79.9. The van der Waals surface area contributed by atoms with Crippen LogP contribution in [0.1, 0.15) is 5.56 Å². The largest absolute Gasteiger partial charge is 0.496 e. The average molecular weight is 507 g/mol. The van der Waals surface area contributed by atoms with Crippen molar-refractivity contribution in [1.82, 2.24) is 4.90 Å². The lowest BCUT2D eigenvalue weighted by Crippen LogP contribution is -2.36. The standard InChI is InChI=1S/C21H19BrN2O6S/c1-28-15-10-17(30-3)16(29-2)8-12(15)9-18-20(26)24(21(27)31-18)11-19(25)23-14-7-5-4-6-13(14)22/h4-10H,11H2,1-3H3,(H,23,25)/b18-9+. The van der Waals surface area contributed by atoms with Crippen LogP contribution >= 0.6 is 27.7 Å². The van der Waals surface area contributed by atoms with Crippen molar-refractivity contribution in [2.24, 2.45) is 0 Å². The fourth-order valence-corrected chi connectivity index (χ4v) is 4.05. The van der Waals surface area contributed by atoms with E-state index in [0.717, 1.165) is 16.7 Å². The van der Waals surface area contributed by atoms with Crippen LogP contribution in [0.4, 0.5) is 10.5 Å². The maximum Gasteiger partial charge on any atom is 0.294 e. The van der Waals surface area contributed by atoms with Gasteiger partial charge in [-0.15, -0.1) is 0 Å². The number of carbonyl (C=O) groups is 3. The Bertz CT molecular complexity index is 1070. The number of nitrogens with one attached hydrogen (secondary N) is 1. The van der Waals surface area contributed by atoms with E-state index in [1.807, 2.05) is 6.07 Å². The number of amides is 3. The maximum absolute atomic E-state index is 12.8. The molecule has 2 aromatic rings. The lowest BCUT2D eigenvalue weighted by molar-refractivity contribution is -0.127. The molecule has 162 valence electrons. The minimum absolute atomic E-state index is 0.171. The molecule has 1 heterocycles. The Kier molecular flexibility index (Phi) is 7.24. The zero-order valence-electron chi connectivity index (χ0n) is 16.9. The van der Waals surface area contributed by atoms with Gasteiger partial charge < -0.3 is 19.5 Å². The molecule has 1 fully saturated rings. The minimum Gasteiger partial charge on any atom is -0.496 e. The summed E-state index contributed by atoms with van der Waals surface area (Å²) in [5.41, 5.74) is 1.08. The fourth-order valence-electron chi connectivity index (χ4n) is 2.84. The van der Waals surface area contributed by atoms with Gasteiger partial charge in [-0.05, 0) is 52.0 Å². The number of para-hydroxylation sites is 1. The van der Waals surface area contributed by atoms with Crippen LogP contribution in [0, 0.1) is 0 Å². The predicted octanol–water partition coefficient (Wildman–Crippen LogP) is 4.15. The molecule has 2 aromatic carbocycles. The second-order valence-electron chi connectivity index (χ2n) is 6.25. The Hall–Kier alpha value is -2.98. The summed E-state index contributed by atoms with van der Waals surface area (Å²) in [6.07, 6.45) is 1.53. The molecule has 1 N–H and O–H groups in total. The Labute approximate surface area is 191 Å². The zero-order valence-corrected chi connectivity index (χ0v) is 19.3.